The molecule has 16 heteroatoms. The second-order valence-corrected chi connectivity index (χ2v) is 7.75. The molecule has 0 bridgehead atoms. The van der Waals surface area contributed by atoms with Crippen molar-refractivity contribution in [2.24, 2.45) is 0 Å². The molecule has 0 amide bonds. The van der Waals surface area contributed by atoms with E-state index in [1.807, 2.05) is 0 Å². The van der Waals surface area contributed by atoms with E-state index in [0.717, 1.165) is 10.8 Å². The van der Waals surface area contributed by atoms with Crippen molar-refractivity contribution in [3.63, 3.8) is 0 Å². The minimum absolute atomic E-state index is 0.0787. The summed E-state index contributed by atoms with van der Waals surface area (Å²) in [5, 5.41) is 19.8. The second kappa shape index (κ2) is 7.21. The average molecular weight is 403 g/mol. The fraction of sp³-hybridized carbons (Fsp3) is 0.556. The lowest BCUT2D eigenvalue weighted by Crippen LogP contribution is -2.36. The fourth-order valence-electron chi connectivity index (χ4n) is 2.04. The number of hydrogen-bond acceptors (Lipinski definition) is 10. The van der Waals surface area contributed by atoms with Gasteiger partial charge in [-0.25, -0.2) is 13.9 Å². The van der Waals surface area contributed by atoms with Gasteiger partial charge in [0, 0.05) is 6.20 Å². The molecule has 1 aliphatic rings. The minimum atomic E-state index is -5.30. The van der Waals surface area contributed by atoms with Crippen LogP contribution in [0.1, 0.15) is 6.23 Å². The Morgan fingerprint density at radius 1 is 1.28 bits per heavy atom. The Morgan fingerprint density at radius 3 is 2.48 bits per heavy atom. The third-order valence-corrected chi connectivity index (χ3v) is 5.23. The Labute approximate surface area is 139 Å². The maximum absolute atomic E-state index is 11.7. The van der Waals surface area contributed by atoms with Gasteiger partial charge in [0.2, 0.25) is 0 Å². The maximum Gasteiger partial charge on any atom is 0.481 e. The van der Waals surface area contributed by atoms with Crippen LogP contribution in [-0.4, -0.2) is 59.4 Å². The van der Waals surface area contributed by atoms with Crippen LogP contribution in [0.5, 0.6) is 0 Å². The quantitative estimate of drug-likeness (QED) is 0.274. The molecule has 2 unspecified atom stereocenters. The van der Waals surface area contributed by atoms with Crippen molar-refractivity contribution in [3.8, 4) is 0 Å². The molecule has 1 saturated heterocycles. The van der Waals surface area contributed by atoms with Gasteiger partial charge in [-0.1, -0.05) is 0 Å². The number of nitrogens with zero attached hydrogens (tertiary/aromatic N) is 2. The number of phosphoric ester groups is 1. The van der Waals surface area contributed by atoms with Gasteiger partial charge in [-0.15, -0.1) is 0 Å². The van der Waals surface area contributed by atoms with Crippen LogP contribution in [0, 0.1) is 0 Å². The van der Waals surface area contributed by atoms with Crippen LogP contribution in [-0.2, 0) is 22.7 Å². The number of anilines is 1. The van der Waals surface area contributed by atoms with E-state index in [9.17, 15) is 24.1 Å². The van der Waals surface area contributed by atoms with E-state index >= 15 is 0 Å². The molecule has 0 saturated carbocycles. The van der Waals surface area contributed by atoms with E-state index in [-0.39, 0.29) is 5.82 Å². The van der Waals surface area contributed by atoms with Crippen molar-refractivity contribution in [1.82, 2.24) is 9.55 Å². The molecule has 1 aliphatic heterocycles. The van der Waals surface area contributed by atoms with E-state index in [1.165, 1.54) is 6.07 Å². The summed E-state index contributed by atoms with van der Waals surface area (Å²) in [5.74, 6) is -0.0787. The SMILES string of the molecule is Nc1ccn(C2O[C@@H](COP(=O)(O)OP(=O)(O)O)[C@H](O)[C@@H]2O)c(=O)n1. The highest BCUT2D eigenvalue weighted by Gasteiger charge is 2.45. The molecule has 1 aromatic rings. The van der Waals surface area contributed by atoms with Crippen molar-refractivity contribution in [1.29, 1.82) is 0 Å². The molecule has 0 aromatic carbocycles. The lowest BCUT2D eigenvalue weighted by molar-refractivity contribution is -0.0541. The highest BCUT2D eigenvalue weighted by Crippen LogP contribution is 2.57. The number of nitrogen functional groups attached to an aromatic ring is 1. The largest absolute Gasteiger partial charge is 0.481 e. The van der Waals surface area contributed by atoms with E-state index in [0.29, 0.717) is 0 Å². The number of aliphatic hydroxyl groups excluding tert-OH is 2. The number of phosphoric acid groups is 2. The number of ether oxygens (including phenoxy) is 1. The standard InChI is InChI=1S/C9H15N3O11P2/c10-5-1-2-12(9(15)11-5)8-7(14)6(13)4(22-8)3-21-25(19,20)23-24(16,17)18/h1-2,4,6-8,13-14H,3H2,(H,19,20)(H2,10,11,15)(H2,16,17,18)/t4-,6-,7-,8?/m0/s1. The molecule has 2 rings (SSSR count). The summed E-state index contributed by atoms with van der Waals surface area (Å²) in [6, 6.07) is 1.24. The maximum atomic E-state index is 11.7. The zero-order chi connectivity index (χ0) is 19.0. The van der Waals surface area contributed by atoms with Crippen LogP contribution < -0.4 is 11.4 Å². The molecule has 1 fully saturated rings. The first-order chi connectivity index (χ1) is 11.4. The van der Waals surface area contributed by atoms with Gasteiger partial charge in [-0.3, -0.25) is 9.09 Å². The lowest BCUT2D eigenvalue weighted by atomic mass is 10.1. The summed E-state index contributed by atoms with van der Waals surface area (Å²) in [6.45, 7) is -0.875. The topological polar surface area (TPSA) is 224 Å². The predicted molar refractivity (Wildman–Crippen MR) is 77.7 cm³/mol. The number of aromatic nitrogens is 2. The monoisotopic (exact) mass is 403 g/mol. The fourth-order valence-corrected chi connectivity index (χ4v) is 3.64. The van der Waals surface area contributed by atoms with Crippen LogP contribution in [0.2, 0.25) is 0 Å². The van der Waals surface area contributed by atoms with E-state index in [1.54, 1.807) is 0 Å². The molecule has 142 valence electrons. The molecule has 0 radical (unpaired) electrons. The lowest BCUT2D eigenvalue weighted by Gasteiger charge is -2.17. The Hall–Kier alpha value is -1.18. The molecule has 0 spiro atoms. The molecule has 1 aromatic heterocycles. The molecule has 5 atom stereocenters. The average Bonchev–Trinajstić information content (AvgIpc) is 2.71. The van der Waals surface area contributed by atoms with Crippen molar-refractivity contribution in [2.45, 2.75) is 24.5 Å². The highest BCUT2D eigenvalue weighted by atomic mass is 31.3. The Morgan fingerprint density at radius 2 is 1.92 bits per heavy atom. The van der Waals surface area contributed by atoms with Crippen LogP contribution in [0.4, 0.5) is 5.82 Å². The summed E-state index contributed by atoms with van der Waals surface area (Å²) in [7, 11) is -10.5. The summed E-state index contributed by atoms with van der Waals surface area (Å²) < 4.78 is 35.8. The number of rotatable bonds is 6. The van der Waals surface area contributed by atoms with Gasteiger partial charge in [-0.2, -0.15) is 9.29 Å². The normalized spacial score (nSPS) is 29.5. The van der Waals surface area contributed by atoms with E-state index < -0.39 is 52.5 Å². The third-order valence-electron chi connectivity index (χ3n) is 3.07. The molecule has 7 N–H and O–H groups in total. The molecule has 14 nitrogen and oxygen atoms in total. The number of nitrogens with two attached hydrogens (primary N) is 1. The minimum Gasteiger partial charge on any atom is -0.387 e. The van der Waals surface area contributed by atoms with Crippen LogP contribution in [0.25, 0.3) is 0 Å². The Kier molecular flexibility index (Phi) is 5.81. The molecule has 2 heterocycles. The first-order valence-electron chi connectivity index (χ1n) is 6.50. The van der Waals surface area contributed by atoms with Crippen LogP contribution in [0.15, 0.2) is 17.1 Å². The molecule has 0 aliphatic carbocycles. The first kappa shape index (κ1) is 20.1. The summed E-state index contributed by atoms with van der Waals surface area (Å²) in [5.41, 5.74) is 4.45. The zero-order valence-corrected chi connectivity index (χ0v) is 14.0. The van der Waals surface area contributed by atoms with E-state index in [2.05, 4.69) is 13.8 Å². The van der Waals surface area contributed by atoms with Gasteiger partial charge >= 0.3 is 21.3 Å². The molecular weight excluding hydrogens is 388 g/mol. The van der Waals surface area contributed by atoms with Crippen molar-refractivity contribution < 1.29 is 47.6 Å². The van der Waals surface area contributed by atoms with Crippen molar-refractivity contribution in [3.05, 3.63) is 22.7 Å². The Bertz CT molecular complexity index is 778. The van der Waals surface area contributed by atoms with Crippen LogP contribution in [0.3, 0.4) is 0 Å². The van der Waals surface area contributed by atoms with Gasteiger partial charge < -0.3 is 35.4 Å². The van der Waals surface area contributed by atoms with Gasteiger partial charge in [-0.05, 0) is 6.07 Å². The van der Waals surface area contributed by atoms with Crippen molar-refractivity contribution >= 4 is 21.5 Å². The molecule has 25 heavy (non-hydrogen) atoms. The summed E-state index contributed by atoms with van der Waals surface area (Å²) in [6.07, 6.45) is -4.93. The van der Waals surface area contributed by atoms with Gasteiger partial charge in [0.1, 0.15) is 24.1 Å². The number of hydrogen-bond donors (Lipinski definition) is 6. The van der Waals surface area contributed by atoms with Gasteiger partial charge in [0.25, 0.3) is 0 Å². The Balaban J connectivity index is 2.08. The van der Waals surface area contributed by atoms with Gasteiger partial charge in [0.05, 0.1) is 6.61 Å². The van der Waals surface area contributed by atoms with Crippen molar-refractivity contribution in [2.75, 3.05) is 12.3 Å². The first-order valence-corrected chi connectivity index (χ1v) is 9.53. The summed E-state index contributed by atoms with van der Waals surface area (Å²) >= 11 is 0. The van der Waals surface area contributed by atoms with Crippen LogP contribution >= 0.6 is 15.6 Å². The highest BCUT2D eigenvalue weighted by molar-refractivity contribution is 7.60. The van der Waals surface area contributed by atoms with Gasteiger partial charge in [0.15, 0.2) is 6.23 Å². The van der Waals surface area contributed by atoms with E-state index in [4.69, 9.17) is 25.2 Å². The number of aliphatic hydroxyl groups is 2. The second-order valence-electron chi connectivity index (χ2n) is 4.93. The third kappa shape index (κ3) is 5.15. The predicted octanol–water partition coefficient (Wildman–Crippen LogP) is -2.33. The molecular formula is C9H15N3O11P2. The smallest absolute Gasteiger partial charge is 0.387 e. The summed E-state index contributed by atoms with van der Waals surface area (Å²) in [4.78, 5) is 41.3. The zero-order valence-electron chi connectivity index (χ0n) is 12.2.